The fourth-order valence-electron chi connectivity index (χ4n) is 2.40. The summed E-state index contributed by atoms with van der Waals surface area (Å²) >= 11 is 6.01. The third-order valence-corrected chi connectivity index (χ3v) is 3.96. The van der Waals surface area contributed by atoms with E-state index < -0.39 is 0 Å². The van der Waals surface area contributed by atoms with E-state index in [1.54, 1.807) is 0 Å². The van der Waals surface area contributed by atoms with Crippen molar-refractivity contribution < 1.29 is 5.11 Å². The molecule has 0 amide bonds. The van der Waals surface area contributed by atoms with E-state index in [0.717, 1.165) is 36.2 Å². The Morgan fingerprint density at radius 1 is 1.41 bits per heavy atom. The average molecular weight is 250 g/mol. The van der Waals surface area contributed by atoms with Crippen LogP contribution >= 0.6 is 11.6 Å². The van der Waals surface area contributed by atoms with E-state index in [1.807, 2.05) is 19.2 Å². The van der Waals surface area contributed by atoms with E-state index in [9.17, 15) is 5.11 Å². The summed E-state index contributed by atoms with van der Waals surface area (Å²) in [6, 6.07) is 6.00. The van der Waals surface area contributed by atoms with Crippen LogP contribution in [0.25, 0.3) is 10.9 Å². The van der Waals surface area contributed by atoms with Gasteiger partial charge in [-0.3, -0.25) is 0 Å². The Bertz CT molecular complexity index is 569. The molecule has 3 heteroatoms. The average Bonchev–Trinajstić information content (AvgIpc) is 2.95. The summed E-state index contributed by atoms with van der Waals surface area (Å²) < 4.78 is 2.10. The van der Waals surface area contributed by atoms with Crippen molar-refractivity contribution in [2.75, 3.05) is 0 Å². The SMILES string of the molecule is Cn1cc(CCC2(O)CC2)c2ccc(Cl)cc21. The van der Waals surface area contributed by atoms with Gasteiger partial charge in [-0.15, -0.1) is 0 Å². The smallest absolute Gasteiger partial charge is 0.0653 e. The highest BCUT2D eigenvalue weighted by atomic mass is 35.5. The lowest BCUT2D eigenvalue weighted by Gasteiger charge is -2.05. The molecule has 1 aliphatic carbocycles. The molecule has 1 saturated carbocycles. The molecule has 2 aromatic rings. The van der Waals surface area contributed by atoms with Crippen LogP contribution in [0.2, 0.25) is 5.02 Å². The number of hydrogen-bond acceptors (Lipinski definition) is 1. The Morgan fingerprint density at radius 3 is 2.88 bits per heavy atom. The number of aryl methyl sites for hydroxylation is 2. The van der Waals surface area contributed by atoms with E-state index in [1.165, 1.54) is 10.9 Å². The van der Waals surface area contributed by atoms with Crippen molar-refractivity contribution in [2.24, 2.45) is 7.05 Å². The maximum Gasteiger partial charge on any atom is 0.0653 e. The Kier molecular flexibility index (Phi) is 2.46. The molecule has 1 aromatic carbocycles. The zero-order valence-corrected chi connectivity index (χ0v) is 10.7. The highest BCUT2D eigenvalue weighted by Crippen LogP contribution is 2.39. The second-order valence-electron chi connectivity index (χ2n) is 5.15. The van der Waals surface area contributed by atoms with Crippen LogP contribution in [0.4, 0.5) is 0 Å². The first-order valence-corrected chi connectivity index (χ1v) is 6.41. The molecule has 0 atom stereocenters. The summed E-state index contributed by atoms with van der Waals surface area (Å²) in [4.78, 5) is 0. The third-order valence-electron chi connectivity index (χ3n) is 3.72. The number of nitrogens with zero attached hydrogens (tertiary/aromatic N) is 1. The molecule has 2 nitrogen and oxygen atoms in total. The zero-order chi connectivity index (χ0) is 12.0. The molecule has 1 heterocycles. The molecule has 0 radical (unpaired) electrons. The van der Waals surface area contributed by atoms with Crippen molar-refractivity contribution in [1.29, 1.82) is 0 Å². The Hall–Kier alpha value is -0.990. The fourth-order valence-corrected chi connectivity index (χ4v) is 2.57. The van der Waals surface area contributed by atoms with E-state index in [0.29, 0.717) is 0 Å². The molecule has 1 aromatic heterocycles. The van der Waals surface area contributed by atoms with Gasteiger partial charge in [0, 0.05) is 29.2 Å². The van der Waals surface area contributed by atoms with Crippen molar-refractivity contribution in [3.8, 4) is 0 Å². The number of fused-ring (bicyclic) bond motifs is 1. The number of benzene rings is 1. The van der Waals surface area contributed by atoms with Crippen LogP contribution in [0.5, 0.6) is 0 Å². The van der Waals surface area contributed by atoms with Gasteiger partial charge in [0.05, 0.1) is 5.60 Å². The molecule has 0 aliphatic heterocycles. The summed E-state index contributed by atoms with van der Waals surface area (Å²) in [5.74, 6) is 0. The highest BCUT2D eigenvalue weighted by Gasteiger charge is 2.39. The van der Waals surface area contributed by atoms with Gasteiger partial charge in [0.2, 0.25) is 0 Å². The second-order valence-corrected chi connectivity index (χ2v) is 5.59. The van der Waals surface area contributed by atoms with Gasteiger partial charge in [-0.25, -0.2) is 0 Å². The number of aliphatic hydroxyl groups is 1. The van der Waals surface area contributed by atoms with Gasteiger partial charge < -0.3 is 9.67 Å². The van der Waals surface area contributed by atoms with Crippen LogP contribution in [-0.4, -0.2) is 15.3 Å². The maximum atomic E-state index is 9.89. The molecule has 0 bridgehead atoms. The van der Waals surface area contributed by atoms with Crippen LogP contribution in [-0.2, 0) is 13.5 Å². The van der Waals surface area contributed by atoms with E-state index in [4.69, 9.17) is 11.6 Å². The predicted octanol–water partition coefficient (Wildman–Crippen LogP) is 3.29. The quantitative estimate of drug-likeness (QED) is 0.887. The van der Waals surface area contributed by atoms with Crippen LogP contribution in [0.3, 0.4) is 0 Å². The van der Waals surface area contributed by atoms with Gasteiger partial charge in [0.25, 0.3) is 0 Å². The summed E-state index contributed by atoms with van der Waals surface area (Å²) in [7, 11) is 2.04. The van der Waals surface area contributed by atoms with Gasteiger partial charge >= 0.3 is 0 Å². The van der Waals surface area contributed by atoms with Gasteiger partial charge in [-0.05, 0) is 43.4 Å². The summed E-state index contributed by atoms with van der Waals surface area (Å²) in [6.07, 6.45) is 5.88. The monoisotopic (exact) mass is 249 g/mol. The van der Waals surface area contributed by atoms with Crippen molar-refractivity contribution >= 4 is 22.5 Å². The molecule has 0 saturated heterocycles. The summed E-state index contributed by atoms with van der Waals surface area (Å²) in [6.45, 7) is 0. The molecule has 1 aliphatic rings. The van der Waals surface area contributed by atoms with E-state index in [2.05, 4.69) is 16.8 Å². The summed E-state index contributed by atoms with van der Waals surface area (Å²) in [5.41, 5.74) is 2.10. The fraction of sp³-hybridized carbons (Fsp3) is 0.429. The lowest BCUT2D eigenvalue weighted by atomic mass is 10.1. The Balaban J connectivity index is 1.93. The van der Waals surface area contributed by atoms with Crippen molar-refractivity contribution in [1.82, 2.24) is 4.57 Å². The first-order chi connectivity index (χ1) is 8.07. The van der Waals surface area contributed by atoms with Crippen molar-refractivity contribution in [2.45, 2.75) is 31.3 Å². The maximum absolute atomic E-state index is 9.89. The lowest BCUT2D eigenvalue weighted by molar-refractivity contribution is 0.140. The largest absolute Gasteiger partial charge is 0.390 e. The predicted molar refractivity (Wildman–Crippen MR) is 70.4 cm³/mol. The summed E-state index contributed by atoms with van der Waals surface area (Å²) in [5, 5.41) is 11.9. The van der Waals surface area contributed by atoms with Gasteiger partial charge in [0.15, 0.2) is 0 Å². The minimum atomic E-state index is -0.366. The van der Waals surface area contributed by atoms with Gasteiger partial charge in [0.1, 0.15) is 0 Å². The number of halogens is 1. The molecule has 0 unspecified atom stereocenters. The van der Waals surface area contributed by atoms with Crippen molar-refractivity contribution in [3.63, 3.8) is 0 Å². The highest BCUT2D eigenvalue weighted by molar-refractivity contribution is 6.31. The second kappa shape index (κ2) is 3.76. The molecule has 1 fully saturated rings. The molecule has 17 heavy (non-hydrogen) atoms. The topological polar surface area (TPSA) is 25.2 Å². The Morgan fingerprint density at radius 2 is 2.18 bits per heavy atom. The van der Waals surface area contributed by atoms with Gasteiger partial charge in [-0.1, -0.05) is 17.7 Å². The van der Waals surface area contributed by atoms with E-state index in [-0.39, 0.29) is 5.60 Å². The molecule has 1 N–H and O–H groups in total. The molecule has 0 spiro atoms. The first-order valence-electron chi connectivity index (χ1n) is 6.03. The number of aromatic nitrogens is 1. The number of rotatable bonds is 3. The first kappa shape index (κ1) is 11.1. The number of hydrogen-bond donors (Lipinski definition) is 1. The molecular weight excluding hydrogens is 234 g/mol. The lowest BCUT2D eigenvalue weighted by Crippen LogP contribution is -2.07. The van der Waals surface area contributed by atoms with Crippen LogP contribution in [0, 0.1) is 0 Å². The standard InChI is InChI=1S/C14H16ClNO/c1-16-9-10(4-5-14(17)6-7-14)12-3-2-11(15)8-13(12)16/h2-3,8-9,17H,4-7H2,1H3. The van der Waals surface area contributed by atoms with Crippen LogP contribution < -0.4 is 0 Å². The zero-order valence-electron chi connectivity index (χ0n) is 9.91. The molecular formula is C14H16ClNO. The Labute approximate surface area is 106 Å². The minimum absolute atomic E-state index is 0.366. The molecule has 90 valence electrons. The van der Waals surface area contributed by atoms with E-state index >= 15 is 0 Å². The van der Waals surface area contributed by atoms with Crippen molar-refractivity contribution in [3.05, 3.63) is 35.0 Å². The minimum Gasteiger partial charge on any atom is -0.390 e. The molecule has 3 rings (SSSR count). The van der Waals surface area contributed by atoms with Crippen LogP contribution in [0.15, 0.2) is 24.4 Å². The van der Waals surface area contributed by atoms with Crippen LogP contribution in [0.1, 0.15) is 24.8 Å². The normalized spacial score (nSPS) is 17.6. The third kappa shape index (κ3) is 2.07. The van der Waals surface area contributed by atoms with Gasteiger partial charge in [-0.2, -0.15) is 0 Å².